The van der Waals surface area contributed by atoms with Crippen LogP contribution in [-0.2, 0) is 14.3 Å². The molecule has 0 aliphatic heterocycles. The van der Waals surface area contributed by atoms with Crippen molar-refractivity contribution in [2.24, 2.45) is 5.41 Å². The molecule has 0 saturated heterocycles. The predicted molar refractivity (Wildman–Crippen MR) is 84.7 cm³/mol. The predicted octanol–water partition coefficient (Wildman–Crippen LogP) is 3.76. The molecule has 114 valence electrons. The summed E-state index contributed by atoms with van der Waals surface area (Å²) in [5, 5.41) is -0.271. The van der Waals surface area contributed by atoms with Crippen LogP contribution in [0.25, 0.3) is 0 Å². The first kappa shape index (κ1) is 17.7. The van der Waals surface area contributed by atoms with E-state index < -0.39 is 16.4 Å². The van der Waals surface area contributed by atoms with E-state index in [4.69, 9.17) is 21.1 Å². The zero-order chi connectivity index (χ0) is 16.0. The molecule has 6 heteroatoms. The lowest BCUT2D eigenvalue weighted by Gasteiger charge is -2.25. The molecule has 1 aromatic rings. The summed E-state index contributed by atoms with van der Waals surface area (Å²) in [6, 6.07) is 6.65. The summed E-state index contributed by atoms with van der Waals surface area (Å²) in [6.07, 6.45) is 1.05. The fourth-order valence-corrected chi connectivity index (χ4v) is 2.34. The second-order valence-corrected chi connectivity index (χ2v) is 6.22. The fourth-order valence-electron chi connectivity index (χ4n) is 1.37. The minimum atomic E-state index is -0.890. The van der Waals surface area contributed by atoms with Crippen molar-refractivity contribution in [3.05, 3.63) is 41.9 Å². The number of carbonyl (C=O) groups is 2. The topological polar surface area (TPSA) is 52.6 Å². The van der Waals surface area contributed by atoms with Crippen molar-refractivity contribution >= 4 is 39.3 Å². The number of hydrogen-bond donors (Lipinski definition) is 0. The van der Waals surface area contributed by atoms with Crippen molar-refractivity contribution in [3.63, 3.8) is 0 Å². The molecule has 0 radical (unpaired) electrons. The van der Waals surface area contributed by atoms with E-state index in [9.17, 15) is 9.59 Å². The second kappa shape index (κ2) is 7.61. The molecule has 4 nitrogen and oxygen atoms in total. The molecular formula is C15H16BrClO4. The van der Waals surface area contributed by atoms with Crippen molar-refractivity contribution in [1.29, 1.82) is 0 Å². The quantitative estimate of drug-likeness (QED) is 0.413. The Bertz CT molecular complexity index is 525. The molecule has 0 N–H and O–H groups in total. The van der Waals surface area contributed by atoms with Crippen molar-refractivity contribution in [2.45, 2.75) is 18.9 Å². The van der Waals surface area contributed by atoms with Gasteiger partial charge in [0.25, 0.3) is 0 Å². The number of ketones is 1. The number of esters is 1. The lowest BCUT2D eigenvalue weighted by molar-refractivity contribution is -0.145. The number of carbonyl (C=O) groups excluding carboxylic acids is 2. The Morgan fingerprint density at radius 1 is 1.38 bits per heavy atom. The van der Waals surface area contributed by atoms with Crippen molar-refractivity contribution in [2.75, 3.05) is 6.61 Å². The summed E-state index contributed by atoms with van der Waals surface area (Å²) < 4.78 is 10.4. The summed E-state index contributed by atoms with van der Waals surface area (Å²) >= 11 is 8.97. The van der Waals surface area contributed by atoms with Gasteiger partial charge in [-0.15, -0.1) is 0 Å². The third kappa shape index (κ3) is 5.52. The molecule has 0 fully saturated rings. The summed E-state index contributed by atoms with van der Waals surface area (Å²) in [7, 11) is 0. The molecule has 0 aliphatic carbocycles. The van der Waals surface area contributed by atoms with Gasteiger partial charge < -0.3 is 9.47 Å². The monoisotopic (exact) mass is 374 g/mol. The lowest BCUT2D eigenvalue weighted by Crippen LogP contribution is -2.38. The SMILES string of the molecule is C=CC(=O)OCC(C)(C)C(=O)C(Br)Oc1ccc(Cl)cc1. The van der Waals surface area contributed by atoms with Gasteiger partial charge in [-0.2, -0.15) is 0 Å². The summed E-state index contributed by atoms with van der Waals surface area (Å²) in [5.41, 5.74) is -0.890. The molecule has 0 spiro atoms. The first-order valence-corrected chi connectivity index (χ1v) is 7.45. The van der Waals surface area contributed by atoms with Crippen molar-refractivity contribution < 1.29 is 19.1 Å². The molecule has 0 saturated carbocycles. The van der Waals surface area contributed by atoms with E-state index in [1.54, 1.807) is 38.1 Å². The van der Waals surface area contributed by atoms with Crippen LogP contribution < -0.4 is 4.74 Å². The number of rotatable bonds is 7. The highest BCUT2D eigenvalue weighted by molar-refractivity contribution is 9.09. The molecule has 21 heavy (non-hydrogen) atoms. The molecule has 0 bridgehead atoms. The van der Waals surface area contributed by atoms with E-state index >= 15 is 0 Å². The van der Waals surface area contributed by atoms with Crippen LogP contribution in [0.3, 0.4) is 0 Å². The van der Waals surface area contributed by atoms with Crippen molar-refractivity contribution in [1.82, 2.24) is 0 Å². The Labute approximate surface area is 137 Å². The van der Waals surface area contributed by atoms with Gasteiger partial charge in [-0.1, -0.05) is 18.2 Å². The van der Waals surface area contributed by atoms with Crippen LogP contribution in [0.1, 0.15) is 13.8 Å². The zero-order valence-electron chi connectivity index (χ0n) is 11.8. The standard InChI is InChI=1S/C15H16BrClO4/c1-4-12(18)20-9-15(2,3)13(19)14(16)21-11-7-5-10(17)6-8-11/h4-8,14H,1,9H2,2-3H3. The number of hydrogen-bond acceptors (Lipinski definition) is 4. The van der Waals surface area contributed by atoms with Gasteiger partial charge >= 0.3 is 5.97 Å². The number of benzene rings is 1. The van der Waals surface area contributed by atoms with Crippen LogP contribution in [0.4, 0.5) is 0 Å². The largest absolute Gasteiger partial charge is 0.471 e. The summed E-state index contributed by atoms with van der Waals surface area (Å²) in [5.74, 6) is -0.302. The maximum absolute atomic E-state index is 12.3. The Hall–Kier alpha value is -1.33. The van der Waals surface area contributed by atoms with Crippen LogP contribution in [0.2, 0.25) is 5.02 Å². The van der Waals surface area contributed by atoms with Gasteiger partial charge in [-0.25, -0.2) is 4.79 Å². The van der Waals surface area contributed by atoms with E-state index in [0.29, 0.717) is 10.8 Å². The van der Waals surface area contributed by atoms with Gasteiger partial charge in [0.2, 0.25) is 5.01 Å². The Morgan fingerprint density at radius 3 is 2.48 bits per heavy atom. The summed E-state index contributed by atoms with van der Waals surface area (Å²) in [6.45, 7) is 6.59. The van der Waals surface area contributed by atoms with Gasteiger partial charge in [-0.05, 0) is 54.0 Å². The van der Waals surface area contributed by atoms with Crippen LogP contribution in [0.15, 0.2) is 36.9 Å². The molecule has 0 aromatic heterocycles. The van der Waals surface area contributed by atoms with Gasteiger partial charge in [-0.3, -0.25) is 4.79 Å². The van der Waals surface area contributed by atoms with Gasteiger partial charge in [0, 0.05) is 11.1 Å². The maximum Gasteiger partial charge on any atom is 0.330 e. The van der Waals surface area contributed by atoms with Crippen LogP contribution in [0.5, 0.6) is 5.75 Å². The average Bonchev–Trinajstić information content (AvgIpc) is 2.46. The van der Waals surface area contributed by atoms with Gasteiger partial charge in [0.05, 0.1) is 5.41 Å². The minimum Gasteiger partial charge on any atom is -0.471 e. The highest BCUT2D eigenvalue weighted by Crippen LogP contribution is 2.25. The second-order valence-electron chi connectivity index (χ2n) is 4.95. The smallest absolute Gasteiger partial charge is 0.330 e. The van der Waals surface area contributed by atoms with Crippen molar-refractivity contribution in [3.8, 4) is 5.75 Å². The average molecular weight is 376 g/mol. The Kier molecular flexibility index (Phi) is 6.42. The van der Waals surface area contributed by atoms with E-state index in [-0.39, 0.29) is 12.4 Å². The third-order valence-electron chi connectivity index (χ3n) is 2.67. The molecule has 0 amide bonds. The number of halogens is 2. The zero-order valence-corrected chi connectivity index (χ0v) is 14.1. The minimum absolute atomic E-state index is 0.0528. The van der Waals surface area contributed by atoms with E-state index in [1.165, 1.54) is 0 Å². The molecule has 1 rings (SSSR count). The molecular weight excluding hydrogens is 360 g/mol. The normalized spacial score (nSPS) is 12.4. The van der Waals surface area contributed by atoms with Crippen LogP contribution in [0, 0.1) is 5.41 Å². The van der Waals surface area contributed by atoms with Crippen LogP contribution >= 0.6 is 27.5 Å². The number of Topliss-reactive ketones (excluding diaryl/α,β-unsaturated/α-hetero) is 1. The first-order valence-electron chi connectivity index (χ1n) is 6.16. The number of alkyl halides is 1. The van der Waals surface area contributed by atoms with E-state index in [0.717, 1.165) is 6.08 Å². The lowest BCUT2D eigenvalue weighted by atomic mass is 9.89. The molecule has 0 aliphatic rings. The van der Waals surface area contributed by atoms with E-state index in [1.807, 2.05) is 0 Å². The third-order valence-corrected chi connectivity index (χ3v) is 3.52. The Morgan fingerprint density at radius 2 is 1.95 bits per heavy atom. The maximum atomic E-state index is 12.3. The van der Waals surface area contributed by atoms with Gasteiger partial charge in [0.15, 0.2) is 5.78 Å². The number of ether oxygens (including phenoxy) is 2. The van der Waals surface area contributed by atoms with E-state index in [2.05, 4.69) is 22.5 Å². The highest BCUT2D eigenvalue weighted by atomic mass is 79.9. The molecule has 1 unspecified atom stereocenters. The van der Waals surface area contributed by atoms with Crippen LogP contribution in [-0.4, -0.2) is 23.4 Å². The fraction of sp³-hybridized carbons (Fsp3) is 0.333. The van der Waals surface area contributed by atoms with Gasteiger partial charge in [0.1, 0.15) is 12.4 Å². The summed E-state index contributed by atoms with van der Waals surface area (Å²) in [4.78, 5) is 23.4. The highest BCUT2D eigenvalue weighted by Gasteiger charge is 2.35. The molecule has 1 aromatic carbocycles. The Balaban J connectivity index is 2.65. The molecule has 1 atom stereocenters. The molecule has 0 heterocycles. The first-order chi connectivity index (χ1) is 9.76.